The van der Waals surface area contributed by atoms with E-state index in [9.17, 15) is 13.2 Å². The van der Waals surface area contributed by atoms with Crippen molar-refractivity contribution < 1.29 is 13.2 Å². The van der Waals surface area contributed by atoms with E-state index in [2.05, 4.69) is 44.1 Å². The van der Waals surface area contributed by atoms with Gasteiger partial charge in [-0.1, -0.05) is 24.3 Å². The second kappa shape index (κ2) is 9.87. The maximum absolute atomic E-state index is 12.3. The molecule has 0 bridgehead atoms. The van der Waals surface area contributed by atoms with Gasteiger partial charge in [0.15, 0.2) is 0 Å². The number of piperazine rings is 1. The molecule has 2 aromatic rings. The van der Waals surface area contributed by atoms with E-state index in [4.69, 9.17) is 0 Å². The van der Waals surface area contributed by atoms with Crippen molar-refractivity contribution in [3.05, 3.63) is 60.2 Å². The Morgan fingerprint density at radius 2 is 1.72 bits per heavy atom. The highest BCUT2D eigenvalue weighted by molar-refractivity contribution is 7.89. The number of amides is 1. The smallest absolute Gasteiger partial charge is 0.251 e. The summed E-state index contributed by atoms with van der Waals surface area (Å²) >= 11 is 0. The molecule has 2 aromatic carbocycles. The van der Waals surface area contributed by atoms with Crippen LogP contribution in [0.3, 0.4) is 0 Å². The molecule has 2 N–H and O–H groups in total. The summed E-state index contributed by atoms with van der Waals surface area (Å²) in [7, 11) is -2.21. The van der Waals surface area contributed by atoms with Gasteiger partial charge in [0.25, 0.3) is 5.91 Å². The number of carbonyl (C=O) groups excluding carboxylic acids is 1. The Morgan fingerprint density at radius 1 is 1.00 bits per heavy atom. The summed E-state index contributed by atoms with van der Waals surface area (Å²) < 4.78 is 26.0. The lowest BCUT2D eigenvalue weighted by molar-refractivity contribution is 0.0951. The molecule has 8 heteroatoms. The normalized spacial score (nSPS) is 15.3. The summed E-state index contributed by atoms with van der Waals surface area (Å²) in [6, 6.07) is 16.5. The van der Waals surface area contributed by atoms with Crippen molar-refractivity contribution in [3.8, 4) is 0 Å². The number of hydrogen-bond acceptors (Lipinski definition) is 5. The van der Waals surface area contributed by atoms with Crippen LogP contribution in [0.1, 0.15) is 16.8 Å². The first-order chi connectivity index (χ1) is 14.0. The zero-order valence-corrected chi connectivity index (χ0v) is 17.5. The van der Waals surface area contributed by atoms with Crippen molar-refractivity contribution in [2.45, 2.75) is 11.3 Å². The summed E-state index contributed by atoms with van der Waals surface area (Å²) in [5.74, 6) is -0.257. The third-order valence-electron chi connectivity index (χ3n) is 5.11. The highest BCUT2D eigenvalue weighted by Crippen LogP contribution is 2.15. The third-order valence-corrected chi connectivity index (χ3v) is 6.52. The molecule has 0 saturated carbocycles. The van der Waals surface area contributed by atoms with Crippen molar-refractivity contribution in [2.24, 2.45) is 0 Å². The van der Waals surface area contributed by atoms with Gasteiger partial charge in [-0.25, -0.2) is 13.1 Å². The standard InChI is InChI=1S/C21H28N4O3S/c1-22-29(27,28)20-10-5-7-18(17-20)21(26)23-11-6-12-24-13-15-25(16-14-24)19-8-3-2-4-9-19/h2-5,7-10,17,22H,6,11-16H2,1H3,(H,23,26). The van der Waals surface area contributed by atoms with Crippen LogP contribution in [0, 0.1) is 0 Å². The van der Waals surface area contributed by atoms with Gasteiger partial charge in [0.1, 0.15) is 0 Å². The van der Waals surface area contributed by atoms with E-state index in [1.807, 2.05) is 6.07 Å². The molecule has 0 aliphatic carbocycles. The van der Waals surface area contributed by atoms with Crippen LogP contribution in [-0.4, -0.2) is 65.5 Å². The predicted molar refractivity (Wildman–Crippen MR) is 115 cm³/mol. The maximum Gasteiger partial charge on any atom is 0.251 e. The molecule has 1 amide bonds. The van der Waals surface area contributed by atoms with Crippen molar-refractivity contribution in [1.29, 1.82) is 0 Å². The first-order valence-electron chi connectivity index (χ1n) is 9.84. The lowest BCUT2D eigenvalue weighted by Gasteiger charge is -2.36. The van der Waals surface area contributed by atoms with Gasteiger partial charge in [-0.3, -0.25) is 9.69 Å². The van der Waals surface area contributed by atoms with Crippen LogP contribution in [-0.2, 0) is 10.0 Å². The van der Waals surface area contributed by atoms with Gasteiger partial charge in [0, 0.05) is 44.0 Å². The van der Waals surface area contributed by atoms with Crippen molar-refractivity contribution in [2.75, 3.05) is 51.2 Å². The minimum Gasteiger partial charge on any atom is -0.369 e. The number of carbonyl (C=O) groups is 1. The molecule has 7 nitrogen and oxygen atoms in total. The minimum atomic E-state index is -3.56. The number of benzene rings is 2. The molecule has 0 spiro atoms. The van der Waals surface area contributed by atoms with Gasteiger partial charge < -0.3 is 10.2 Å². The Morgan fingerprint density at radius 3 is 2.41 bits per heavy atom. The number of para-hydroxylation sites is 1. The van der Waals surface area contributed by atoms with Crippen LogP contribution in [0.5, 0.6) is 0 Å². The highest BCUT2D eigenvalue weighted by atomic mass is 32.2. The van der Waals surface area contributed by atoms with Gasteiger partial charge in [-0.05, 0) is 50.3 Å². The summed E-state index contributed by atoms with van der Waals surface area (Å²) in [5, 5.41) is 2.88. The second-order valence-electron chi connectivity index (χ2n) is 7.01. The molecule has 1 aliphatic heterocycles. The Bertz CT molecular complexity index is 911. The van der Waals surface area contributed by atoms with E-state index < -0.39 is 10.0 Å². The maximum atomic E-state index is 12.3. The van der Waals surface area contributed by atoms with E-state index in [-0.39, 0.29) is 10.8 Å². The van der Waals surface area contributed by atoms with Gasteiger partial charge >= 0.3 is 0 Å². The molecular formula is C21H28N4O3S. The lowest BCUT2D eigenvalue weighted by atomic mass is 10.2. The van der Waals surface area contributed by atoms with E-state index in [1.54, 1.807) is 12.1 Å². The first-order valence-corrected chi connectivity index (χ1v) is 11.3. The predicted octanol–water partition coefficient (Wildman–Crippen LogP) is 1.54. The Balaban J connectivity index is 1.40. The SMILES string of the molecule is CNS(=O)(=O)c1cccc(C(=O)NCCCN2CCN(c3ccccc3)CC2)c1. The largest absolute Gasteiger partial charge is 0.369 e. The lowest BCUT2D eigenvalue weighted by Crippen LogP contribution is -2.47. The van der Waals surface area contributed by atoms with Crippen LogP contribution in [0.15, 0.2) is 59.5 Å². The molecule has 1 saturated heterocycles. The topological polar surface area (TPSA) is 81.7 Å². The van der Waals surface area contributed by atoms with Crippen LogP contribution in [0.2, 0.25) is 0 Å². The van der Waals surface area contributed by atoms with Crippen molar-refractivity contribution >= 4 is 21.6 Å². The molecule has 29 heavy (non-hydrogen) atoms. The zero-order valence-electron chi connectivity index (χ0n) is 16.7. The molecule has 3 rings (SSSR count). The van der Waals surface area contributed by atoms with Crippen LogP contribution in [0.25, 0.3) is 0 Å². The number of anilines is 1. The average Bonchev–Trinajstić information content (AvgIpc) is 2.77. The number of rotatable bonds is 8. The second-order valence-corrected chi connectivity index (χ2v) is 8.90. The molecular weight excluding hydrogens is 388 g/mol. The fraction of sp³-hybridized carbons (Fsp3) is 0.381. The molecule has 1 fully saturated rings. The van der Waals surface area contributed by atoms with Crippen LogP contribution >= 0.6 is 0 Å². The van der Waals surface area contributed by atoms with Crippen molar-refractivity contribution in [1.82, 2.24) is 14.9 Å². The number of sulfonamides is 1. The van der Waals surface area contributed by atoms with Gasteiger partial charge in [-0.2, -0.15) is 0 Å². The van der Waals surface area contributed by atoms with E-state index in [1.165, 1.54) is 24.9 Å². The first kappa shape index (κ1) is 21.3. The van der Waals surface area contributed by atoms with Gasteiger partial charge in [-0.15, -0.1) is 0 Å². The van der Waals surface area contributed by atoms with Gasteiger partial charge in [0.05, 0.1) is 4.90 Å². The van der Waals surface area contributed by atoms with E-state index >= 15 is 0 Å². The van der Waals surface area contributed by atoms with E-state index in [0.717, 1.165) is 39.1 Å². The molecule has 1 aliphatic rings. The number of nitrogens with one attached hydrogen (secondary N) is 2. The summed E-state index contributed by atoms with van der Waals surface area (Å²) in [6.07, 6.45) is 0.853. The van der Waals surface area contributed by atoms with E-state index in [0.29, 0.717) is 12.1 Å². The fourth-order valence-electron chi connectivity index (χ4n) is 3.40. The highest BCUT2D eigenvalue weighted by Gasteiger charge is 2.17. The number of hydrogen-bond donors (Lipinski definition) is 2. The zero-order chi connectivity index (χ0) is 20.7. The Kier molecular flexibility index (Phi) is 7.24. The quantitative estimate of drug-likeness (QED) is 0.638. The molecule has 0 radical (unpaired) electrons. The van der Waals surface area contributed by atoms with Gasteiger partial charge in [0.2, 0.25) is 10.0 Å². The summed E-state index contributed by atoms with van der Waals surface area (Å²) in [5.41, 5.74) is 1.61. The molecule has 0 atom stereocenters. The third kappa shape index (κ3) is 5.79. The molecule has 156 valence electrons. The Labute approximate surface area is 172 Å². The average molecular weight is 417 g/mol. The van der Waals surface area contributed by atoms with Crippen molar-refractivity contribution in [3.63, 3.8) is 0 Å². The fourth-order valence-corrected chi connectivity index (χ4v) is 4.17. The van der Waals surface area contributed by atoms with Crippen LogP contribution in [0.4, 0.5) is 5.69 Å². The molecule has 0 aromatic heterocycles. The molecule has 0 unspecified atom stereocenters. The summed E-state index contributed by atoms with van der Waals surface area (Å²) in [6.45, 7) is 5.50. The molecule has 1 heterocycles. The monoisotopic (exact) mass is 416 g/mol. The number of nitrogens with zero attached hydrogens (tertiary/aromatic N) is 2. The Hall–Kier alpha value is -2.42. The summed E-state index contributed by atoms with van der Waals surface area (Å²) in [4.78, 5) is 17.2. The van der Waals surface area contributed by atoms with Crippen LogP contribution < -0.4 is 14.9 Å². The minimum absolute atomic E-state index is 0.0870.